The Bertz CT molecular complexity index is 508. The number of hydrogen-bond acceptors (Lipinski definition) is 4. The molecule has 0 heterocycles. The van der Waals surface area contributed by atoms with Crippen LogP contribution in [0.4, 0.5) is 5.69 Å². The van der Waals surface area contributed by atoms with E-state index in [2.05, 4.69) is 5.32 Å². The van der Waals surface area contributed by atoms with Crippen LogP contribution in [-0.4, -0.2) is 25.5 Å². The highest BCUT2D eigenvalue weighted by Crippen LogP contribution is 2.13. The van der Waals surface area contributed by atoms with Crippen LogP contribution in [0.5, 0.6) is 0 Å². The molecule has 0 radical (unpaired) electrons. The van der Waals surface area contributed by atoms with Gasteiger partial charge in [-0.15, -0.1) is 0 Å². The Morgan fingerprint density at radius 3 is 2.39 bits per heavy atom. The molecular formula is C11H16N2O4S. The van der Waals surface area contributed by atoms with Crippen molar-refractivity contribution >= 4 is 21.6 Å². The van der Waals surface area contributed by atoms with Gasteiger partial charge < -0.3 is 10.4 Å². The predicted molar refractivity (Wildman–Crippen MR) is 67.4 cm³/mol. The fourth-order valence-corrected chi connectivity index (χ4v) is 1.81. The SMILES string of the molecule is CC(O)CCC(=O)Nc1ccc(S(N)(=O)=O)cc1. The summed E-state index contributed by atoms with van der Waals surface area (Å²) in [7, 11) is -3.72. The highest BCUT2D eigenvalue weighted by molar-refractivity contribution is 7.89. The molecule has 18 heavy (non-hydrogen) atoms. The molecule has 0 fully saturated rings. The average molecular weight is 272 g/mol. The van der Waals surface area contributed by atoms with Gasteiger partial charge in [0.2, 0.25) is 15.9 Å². The van der Waals surface area contributed by atoms with Crippen LogP contribution in [0.2, 0.25) is 0 Å². The minimum Gasteiger partial charge on any atom is -0.393 e. The van der Waals surface area contributed by atoms with E-state index < -0.39 is 16.1 Å². The number of aliphatic hydroxyl groups is 1. The molecule has 1 rings (SSSR count). The van der Waals surface area contributed by atoms with E-state index in [0.29, 0.717) is 12.1 Å². The summed E-state index contributed by atoms with van der Waals surface area (Å²) in [4.78, 5) is 11.4. The van der Waals surface area contributed by atoms with Crippen molar-refractivity contribution in [1.82, 2.24) is 0 Å². The number of carbonyl (C=O) groups is 1. The number of hydrogen-bond donors (Lipinski definition) is 3. The van der Waals surface area contributed by atoms with Gasteiger partial charge in [-0.3, -0.25) is 4.79 Å². The second-order valence-electron chi connectivity index (χ2n) is 4.01. The number of benzene rings is 1. The van der Waals surface area contributed by atoms with Crippen molar-refractivity contribution in [1.29, 1.82) is 0 Å². The first-order valence-corrected chi connectivity index (χ1v) is 6.94. The maximum absolute atomic E-state index is 11.4. The van der Waals surface area contributed by atoms with Gasteiger partial charge in [-0.1, -0.05) is 0 Å². The minimum absolute atomic E-state index is 0.00974. The molecule has 0 aliphatic rings. The lowest BCUT2D eigenvalue weighted by molar-refractivity contribution is -0.116. The van der Waals surface area contributed by atoms with Gasteiger partial charge in [0.15, 0.2) is 0 Å². The molecular weight excluding hydrogens is 256 g/mol. The highest BCUT2D eigenvalue weighted by atomic mass is 32.2. The lowest BCUT2D eigenvalue weighted by Gasteiger charge is -2.07. The van der Waals surface area contributed by atoms with Crippen LogP contribution in [0, 0.1) is 0 Å². The topological polar surface area (TPSA) is 109 Å². The van der Waals surface area contributed by atoms with Crippen LogP contribution in [0.3, 0.4) is 0 Å². The van der Waals surface area contributed by atoms with E-state index in [0.717, 1.165) is 0 Å². The second kappa shape index (κ2) is 5.94. The monoisotopic (exact) mass is 272 g/mol. The normalized spacial score (nSPS) is 13.1. The Labute approximate surface area is 106 Å². The van der Waals surface area contributed by atoms with E-state index in [-0.39, 0.29) is 17.2 Å². The molecule has 0 spiro atoms. The van der Waals surface area contributed by atoms with Gasteiger partial charge in [0.05, 0.1) is 11.0 Å². The smallest absolute Gasteiger partial charge is 0.238 e. The van der Waals surface area contributed by atoms with Crippen LogP contribution >= 0.6 is 0 Å². The quantitative estimate of drug-likeness (QED) is 0.722. The van der Waals surface area contributed by atoms with Crippen molar-refractivity contribution in [2.24, 2.45) is 5.14 Å². The van der Waals surface area contributed by atoms with Gasteiger partial charge in [-0.2, -0.15) is 0 Å². The lowest BCUT2D eigenvalue weighted by atomic mass is 10.2. The van der Waals surface area contributed by atoms with Crippen LogP contribution in [0.15, 0.2) is 29.2 Å². The van der Waals surface area contributed by atoms with E-state index in [4.69, 9.17) is 10.2 Å². The van der Waals surface area contributed by atoms with Gasteiger partial charge >= 0.3 is 0 Å². The van der Waals surface area contributed by atoms with Crippen molar-refractivity contribution in [3.05, 3.63) is 24.3 Å². The number of anilines is 1. The number of nitrogens with one attached hydrogen (secondary N) is 1. The molecule has 0 saturated heterocycles. The first-order chi connectivity index (χ1) is 8.29. The number of nitrogens with two attached hydrogens (primary N) is 1. The number of carbonyl (C=O) groups excluding carboxylic acids is 1. The standard InChI is InChI=1S/C11H16N2O4S/c1-8(14)2-7-11(15)13-9-3-5-10(6-4-9)18(12,16)17/h3-6,8,14H,2,7H2,1H3,(H,13,15)(H2,12,16,17). The number of aliphatic hydroxyl groups excluding tert-OH is 1. The van der Waals surface area contributed by atoms with Crippen molar-refractivity contribution in [2.45, 2.75) is 30.8 Å². The molecule has 1 aromatic rings. The largest absolute Gasteiger partial charge is 0.393 e. The number of amides is 1. The van der Waals surface area contributed by atoms with Gasteiger partial charge in [-0.05, 0) is 37.6 Å². The molecule has 1 aromatic carbocycles. The van der Waals surface area contributed by atoms with E-state index in [1.807, 2.05) is 0 Å². The number of sulfonamides is 1. The van der Waals surface area contributed by atoms with Crippen molar-refractivity contribution in [2.75, 3.05) is 5.32 Å². The molecule has 1 atom stereocenters. The number of primary sulfonamides is 1. The van der Waals surface area contributed by atoms with E-state index in [1.165, 1.54) is 24.3 Å². The molecule has 0 aliphatic carbocycles. The average Bonchev–Trinajstić information content (AvgIpc) is 2.26. The summed E-state index contributed by atoms with van der Waals surface area (Å²) in [5.41, 5.74) is 0.484. The van der Waals surface area contributed by atoms with E-state index in [9.17, 15) is 13.2 Å². The van der Waals surface area contributed by atoms with E-state index in [1.54, 1.807) is 6.92 Å². The first kappa shape index (κ1) is 14.6. The zero-order chi connectivity index (χ0) is 13.8. The van der Waals surface area contributed by atoms with Gasteiger partial charge in [0, 0.05) is 12.1 Å². The maximum Gasteiger partial charge on any atom is 0.238 e. The minimum atomic E-state index is -3.72. The molecule has 6 nitrogen and oxygen atoms in total. The summed E-state index contributed by atoms with van der Waals surface area (Å²) in [6.45, 7) is 1.61. The van der Waals surface area contributed by atoms with Crippen molar-refractivity contribution in [3.63, 3.8) is 0 Å². The Balaban J connectivity index is 2.62. The second-order valence-corrected chi connectivity index (χ2v) is 5.57. The van der Waals surface area contributed by atoms with Gasteiger partial charge in [0.1, 0.15) is 0 Å². The number of rotatable bonds is 5. The van der Waals surface area contributed by atoms with Crippen LogP contribution in [0.25, 0.3) is 0 Å². The maximum atomic E-state index is 11.4. The summed E-state index contributed by atoms with van der Waals surface area (Å²) in [6.07, 6.45) is 0.0518. The molecule has 4 N–H and O–H groups in total. The van der Waals surface area contributed by atoms with Crippen LogP contribution in [0.1, 0.15) is 19.8 Å². The van der Waals surface area contributed by atoms with Crippen LogP contribution < -0.4 is 10.5 Å². The molecule has 100 valence electrons. The van der Waals surface area contributed by atoms with Gasteiger partial charge in [0.25, 0.3) is 0 Å². The van der Waals surface area contributed by atoms with E-state index >= 15 is 0 Å². The Kier molecular flexibility index (Phi) is 4.83. The zero-order valence-corrected chi connectivity index (χ0v) is 10.8. The summed E-state index contributed by atoms with van der Waals surface area (Å²) in [5, 5.41) is 16.6. The summed E-state index contributed by atoms with van der Waals surface area (Å²) in [5.74, 6) is -0.237. The summed E-state index contributed by atoms with van der Waals surface area (Å²) in [6, 6.07) is 5.55. The third-order valence-corrected chi connectivity index (χ3v) is 3.19. The highest BCUT2D eigenvalue weighted by Gasteiger charge is 2.08. The summed E-state index contributed by atoms with van der Waals surface area (Å²) < 4.78 is 22.0. The summed E-state index contributed by atoms with van der Waals surface area (Å²) >= 11 is 0. The molecule has 0 bridgehead atoms. The molecule has 7 heteroatoms. The van der Waals surface area contributed by atoms with Crippen molar-refractivity contribution in [3.8, 4) is 0 Å². The molecule has 0 aliphatic heterocycles. The van der Waals surface area contributed by atoms with Crippen LogP contribution in [-0.2, 0) is 14.8 Å². The third kappa shape index (κ3) is 4.82. The first-order valence-electron chi connectivity index (χ1n) is 5.40. The van der Waals surface area contributed by atoms with Gasteiger partial charge in [-0.25, -0.2) is 13.6 Å². The molecule has 0 aromatic heterocycles. The lowest BCUT2D eigenvalue weighted by Crippen LogP contribution is -2.15. The Morgan fingerprint density at radius 2 is 1.94 bits per heavy atom. The van der Waals surface area contributed by atoms with Crippen molar-refractivity contribution < 1.29 is 18.3 Å². The predicted octanol–water partition coefficient (Wildman–Crippen LogP) is 0.434. The molecule has 1 amide bonds. The molecule has 1 unspecified atom stereocenters. The Morgan fingerprint density at radius 1 is 1.39 bits per heavy atom. The molecule has 0 saturated carbocycles. The zero-order valence-electron chi connectivity index (χ0n) is 9.96. The third-order valence-electron chi connectivity index (χ3n) is 2.26. The fourth-order valence-electron chi connectivity index (χ4n) is 1.29. The Hall–Kier alpha value is -1.44. The fraction of sp³-hybridized carbons (Fsp3) is 0.364.